The number of benzene rings is 1. The predicted molar refractivity (Wildman–Crippen MR) is 85.2 cm³/mol. The lowest BCUT2D eigenvalue weighted by Crippen LogP contribution is -2.40. The van der Waals surface area contributed by atoms with Crippen molar-refractivity contribution in [2.75, 3.05) is 6.54 Å². The van der Waals surface area contributed by atoms with Crippen molar-refractivity contribution >= 4 is 29.1 Å². The highest BCUT2D eigenvalue weighted by molar-refractivity contribution is 7.11. The molecule has 0 spiro atoms. The number of imide groups is 1. The molecule has 23 heavy (non-hydrogen) atoms. The van der Waals surface area contributed by atoms with Crippen molar-refractivity contribution in [3.05, 3.63) is 51.0 Å². The first-order chi connectivity index (χ1) is 11.0. The van der Waals surface area contributed by atoms with Gasteiger partial charge in [-0.15, -0.1) is 11.3 Å². The normalized spacial score (nSPS) is 13.4. The Balaban J connectivity index is 1.64. The second-order valence-corrected chi connectivity index (χ2v) is 6.55. The number of amides is 3. The minimum absolute atomic E-state index is 0.275. The van der Waals surface area contributed by atoms with Crippen LogP contribution in [-0.4, -0.2) is 34.2 Å². The van der Waals surface area contributed by atoms with E-state index in [0.717, 1.165) is 20.5 Å². The van der Waals surface area contributed by atoms with Gasteiger partial charge in [0.1, 0.15) is 6.54 Å². The fourth-order valence-corrected chi connectivity index (χ4v) is 3.38. The summed E-state index contributed by atoms with van der Waals surface area (Å²) in [5, 5.41) is 3.67. The van der Waals surface area contributed by atoms with Gasteiger partial charge in [0.25, 0.3) is 11.8 Å². The maximum atomic E-state index is 12.2. The van der Waals surface area contributed by atoms with Crippen molar-refractivity contribution in [3.8, 4) is 0 Å². The van der Waals surface area contributed by atoms with Gasteiger partial charge in [0.05, 0.1) is 28.4 Å². The number of hydrogen-bond donors (Lipinski definition) is 1. The molecule has 2 heterocycles. The van der Waals surface area contributed by atoms with Crippen molar-refractivity contribution in [3.63, 3.8) is 0 Å². The van der Waals surface area contributed by atoms with Crippen LogP contribution in [0.25, 0.3) is 0 Å². The molecule has 118 valence electrons. The third kappa shape index (κ3) is 2.87. The topological polar surface area (TPSA) is 79.4 Å². The van der Waals surface area contributed by atoms with E-state index < -0.39 is 11.8 Å². The number of nitrogens with one attached hydrogen (secondary N) is 1. The third-order valence-electron chi connectivity index (χ3n) is 3.63. The van der Waals surface area contributed by atoms with Gasteiger partial charge in [0.2, 0.25) is 5.91 Å². The molecule has 3 amide bonds. The van der Waals surface area contributed by atoms with Crippen LogP contribution in [0.4, 0.5) is 0 Å². The van der Waals surface area contributed by atoms with E-state index in [2.05, 4.69) is 10.3 Å². The molecule has 1 aliphatic rings. The molecule has 1 aromatic heterocycles. The molecule has 7 heteroatoms. The number of nitrogens with zero attached hydrogens (tertiary/aromatic N) is 2. The van der Waals surface area contributed by atoms with Crippen molar-refractivity contribution in [1.82, 2.24) is 15.2 Å². The van der Waals surface area contributed by atoms with Crippen LogP contribution in [0.5, 0.6) is 0 Å². The Bertz CT molecular complexity index is 778. The van der Waals surface area contributed by atoms with E-state index in [1.165, 1.54) is 11.3 Å². The second-order valence-electron chi connectivity index (χ2n) is 5.26. The molecule has 0 radical (unpaired) electrons. The van der Waals surface area contributed by atoms with Crippen LogP contribution in [0, 0.1) is 13.8 Å². The predicted octanol–water partition coefficient (Wildman–Crippen LogP) is 1.67. The fourth-order valence-electron chi connectivity index (χ4n) is 2.50. The number of fused-ring (bicyclic) bond motifs is 1. The van der Waals surface area contributed by atoms with Gasteiger partial charge in [-0.25, -0.2) is 4.98 Å². The van der Waals surface area contributed by atoms with E-state index in [9.17, 15) is 14.4 Å². The Morgan fingerprint density at radius 3 is 2.30 bits per heavy atom. The maximum absolute atomic E-state index is 12.2. The molecule has 1 aliphatic heterocycles. The first kappa shape index (κ1) is 15.4. The van der Waals surface area contributed by atoms with Gasteiger partial charge in [-0.3, -0.25) is 19.3 Å². The van der Waals surface area contributed by atoms with Gasteiger partial charge in [-0.2, -0.15) is 0 Å². The minimum atomic E-state index is -0.425. The Morgan fingerprint density at radius 2 is 1.78 bits per heavy atom. The van der Waals surface area contributed by atoms with Crippen LogP contribution >= 0.6 is 11.3 Å². The zero-order valence-corrected chi connectivity index (χ0v) is 13.6. The van der Waals surface area contributed by atoms with Gasteiger partial charge in [0.15, 0.2) is 0 Å². The summed E-state index contributed by atoms with van der Waals surface area (Å²) in [4.78, 5) is 42.7. The third-order valence-corrected chi connectivity index (χ3v) is 4.70. The first-order valence-corrected chi connectivity index (χ1v) is 7.94. The number of aryl methyl sites for hydroxylation is 2. The molecular weight excluding hydrogens is 314 g/mol. The quantitative estimate of drug-likeness (QED) is 0.866. The van der Waals surface area contributed by atoms with Crippen LogP contribution < -0.4 is 5.32 Å². The highest BCUT2D eigenvalue weighted by atomic mass is 32.1. The first-order valence-electron chi connectivity index (χ1n) is 7.12. The summed E-state index contributed by atoms with van der Waals surface area (Å²) in [7, 11) is 0. The van der Waals surface area contributed by atoms with Crippen LogP contribution in [0.2, 0.25) is 0 Å². The molecule has 1 N–H and O–H groups in total. The van der Waals surface area contributed by atoms with E-state index in [1.54, 1.807) is 24.3 Å². The van der Waals surface area contributed by atoms with Crippen molar-refractivity contribution in [1.29, 1.82) is 0 Å². The van der Waals surface area contributed by atoms with Crippen LogP contribution in [0.1, 0.15) is 36.3 Å². The molecule has 0 unspecified atom stereocenters. The number of carbonyl (C=O) groups excluding carboxylic acids is 3. The van der Waals surface area contributed by atoms with Crippen LogP contribution in [0.15, 0.2) is 24.3 Å². The SMILES string of the molecule is Cc1nc(C)c(CNC(=O)CN2C(=O)c3ccccc3C2=O)s1. The summed E-state index contributed by atoms with van der Waals surface area (Å²) >= 11 is 1.52. The summed E-state index contributed by atoms with van der Waals surface area (Å²) in [6, 6.07) is 6.58. The summed E-state index contributed by atoms with van der Waals surface area (Å²) in [5.74, 6) is -1.22. The van der Waals surface area contributed by atoms with Crippen molar-refractivity contribution in [2.24, 2.45) is 0 Å². The smallest absolute Gasteiger partial charge is 0.262 e. The van der Waals surface area contributed by atoms with Gasteiger partial charge in [-0.1, -0.05) is 12.1 Å². The largest absolute Gasteiger partial charge is 0.350 e. The minimum Gasteiger partial charge on any atom is -0.350 e. The van der Waals surface area contributed by atoms with Crippen LogP contribution in [0.3, 0.4) is 0 Å². The van der Waals surface area contributed by atoms with E-state index >= 15 is 0 Å². The average Bonchev–Trinajstić information content (AvgIpc) is 2.97. The number of rotatable bonds is 4. The van der Waals surface area contributed by atoms with E-state index in [0.29, 0.717) is 17.7 Å². The maximum Gasteiger partial charge on any atom is 0.262 e. The summed E-state index contributed by atoms with van der Waals surface area (Å²) in [6.07, 6.45) is 0. The monoisotopic (exact) mass is 329 g/mol. The summed E-state index contributed by atoms with van der Waals surface area (Å²) in [6.45, 7) is 3.86. The van der Waals surface area contributed by atoms with Gasteiger partial charge >= 0.3 is 0 Å². The van der Waals surface area contributed by atoms with Gasteiger partial charge in [-0.05, 0) is 26.0 Å². The highest BCUT2D eigenvalue weighted by Gasteiger charge is 2.36. The lowest BCUT2D eigenvalue weighted by molar-refractivity contribution is -0.121. The second kappa shape index (κ2) is 5.92. The molecule has 0 saturated carbocycles. The number of aromatic nitrogens is 1. The van der Waals surface area contributed by atoms with E-state index in [4.69, 9.17) is 0 Å². The Kier molecular flexibility index (Phi) is 3.96. The summed E-state index contributed by atoms with van der Waals surface area (Å²) < 4.78 is 0. The van der Waals surface area contributed by atoms with Crippen LogP contribution in [-0.2, 0) is 11.3 Å². The molecular formula is C16H15N3O3S. The van der Waals surface area contributed by atoms with Gasteiger partial charge < -0.3 is 5.32 Å². The lowest BCUT2D eigenvalue weighted by atomic mass is 10.1. The Morgan fingerprint density at radius 1 is 1.17 bits per heavy atom. The number of hydrogen-bond acceptors (Lipinski definition) is 5. The number of carbonyl (C=O) groups is 3. The molecule has 0 fully saturated rings. The molecule has 0 bridgehead atoms. The van der Waals surface area contributed by atoms with Crippen molar-refractivity contribution in [2.45, 2.75) is 20.4 Å². The molecule has 2 aromatic rings. The zero-order chi connectivity index (χ0) is 16.6. The summed E-state index contributed by atoms with van der Waals surface area (Å²) in [5.41, 5.74) is 1.58. The van der Waals surface area contributed by atoms with Gasteiger partial charge in [0, 0.05) is 4.88 Å². The van der Waals surface area contributed by atoms with Crippen molar-refractivity contribution < 1.29 is 14.4 Å². The average molecular weight is 329 g/mol. The molecule has 0 saturated heterocycles. The standard InChI is InChI=1S/C16H15N3O3S/c1-9-13(23-10(2)18-9)7-17-14(20)8-19-15(21)11-5-3-4-6-12(11)16(19)22/h3-6H,7-8H2,1-2H3,(H,17,20). The molecule has 0 aliphatic carbocycles. The fraction of sp³-hybridized carbons (Fsp3) is 0.250. The molecule has 6 nitrogen and oxygen atoms in total. The number of thiazole rings is 1. The molecule has 1 aromatic carbocycles. The van der Waals surface area contributed by atoms with E-state index in [-0.39, 0.29) is 12.5 Å². The lowest BCUT2D eigenvalue weighted by Gasteiger charge is -2.13. The molecule has 3 rings (SSSR count). The van der Waals surface area contributed by atoms with E-state index in [1.807, 2.05) is 13.8 Å². The Hall–Kier alpha value is -2.54. The zero-order valence-electron chi connectivity index (χ0n) is 12.8. The highest BCUT2D eigenvalue weighted by Crippen LogP contribution is 2.22. The molecule has 0 atom stereocenters. The Labute approximate surface area is 137 Å².